The number of halogens is 2. The molecule has 178 valence electrons. The minimum absolute atomic E-state index is 0.0738. The lowest BCUT2D eigenvalue weighted by atomic mass is 10.1. The van der Waals surface area contributed by atoms with Gasteiger partial charge < -0.3 is 19.7 Å². The molecule has 34 heavy (non-hydrogen) atoms. The molecule has 3 aromatic rings. The zero-order valence-electron chi connectivity index (χ0n) is 19.1. The molecule has 0 aliphatic carbocycles. The van der Waals surface area contributed by atoms with Crippen molar-refractivity contribution < 1.29 is 18.7 Å². The Morgan fingerprint density at radius 2 is 2.06 bits per heavy atom. The number of rotatable bonds is 7. The fraction of sp³-hybridized carbons (Fsp3) is 0.320. The van der Waals surface area contributed by atoms with Crippen molar-refractivity contribution in [3.63, 3.8) is 0 Å². The van der Waals surface area contributed by atoms with Crippen molar-refractivity contribution in [3.8, 4) is 11.5 Å². The first-order chi connectivity index (χ1) is 16.4. The highest BCUT2D eigenvalue weighted by molar-refractivity contribution is 6.31. The summed E-state index contributed by atoms with van der Waals surface area (Å²) in [4.78, 5) is 22.3. The average Bonchev–Trinajstić information content (AvgIpc) is 2.86. The van der Waals surface area contributed by atoms with Crippen LogP contribution in [-0.2, 0) is 11.2 Å². The molecule has 0 atom stereocenters. The molecule has 9 heteroatoms. The van der Waals surface area contributed by atoms with Gasteiger partial charge in [0.2, 0.25) is 5.91 Å². The molecule has 0 radical (unpaired) electrons. The summed E-state index contributed by atoms with van der Waals surface area (Å²) >= 11 is 6.13. The van der Waals surface area contributed by atoms with Crippen LogP contribution in [-0.4, -0.2) is 47.1 Å². The lowest BCUT2D eigenvalue weighted by Gasteiger charge is -2.31. The number of amides is 1. The fourth-order valence-corrected chi connectivity index (χ4v) is 4.34. The minimum Gasteiger partial charge on any atom is -0.493 e. The van der Waals surface area contributed by atoms with Crippen LogP contribution in [0.25, 0.3) is 10.9 Å². The van der Waals surface area contributed by atoms with E-state index in [1.807, 2.05) is 6.92 Å². The van der Waals surface area contributed by atoms with Crippen LogP contribution in [0.4, 0.5) is 15.9 Å². The first kappa shape index (κ1) is 23.8. The van der Waals surface area contributed by atoms with Crippen LogP contribution in [0.15, 0.2) is 43.2 Å². The van der Waals surface area contributed by atoms with E-state index >= 15 is 0 Å². The molecule has 2 heterocycles. The Balaban J connectivity index is 1.63. The van der Waals surface area contributed by atoms with E-state index in [0.29, 0.717) is 71.2 Å². The van der Waals surface area contributed by atoms with Gasteiger partial charge in [-0.05, 0) is 30.7 Å². The molecule has 0 bridgehead atoms. The maximum absolute atomic E-state index is 15.0. The second-order valence-electron chi connectivity index (χ2n) is 7.96. The van der Waals surface area contributed by atoms with Gasteiger partial charge in [0.15, 0.2) is 17.3 Å². The molecule has 4 rings (SSSR count). The smallest absolute Gasteiger partial charge is 0.245 e. The third-order valence-corrected chi connectivity index (χ3v) is 6.29. The molecule has 1 amide bonds. The van der Waals surface area contributed by atoms with Crippen molar-refractivity contribution in [2.24, 2.45) is 0 Å². The molecule has 0 saturated carbocycles. The van der Waals surface area contributed by atoms with E-state index < -0.39 is 5.82 Å². The number of likely N-dealkylation sites (tertiary alicyclic amines) is 1. The molecule has 0 spiro atoms. The molecule has 0 unspecified atom stereocenters. The monoisotopic (exact) mass is 484 g/mol. The Hall–Kier alpha value is -3.39. The maximum Gasteiger partial charge on any atom is 0.245 e. The molecule has 7 nitrogen and oxygen atoms in total. The van der Waals surface area contributed by atoms with Crippen molar-refractivity contribution in [3.05, 3.63) is 59.7 Å². The zero-order chi connectivity index (χ0) is 24.2. The molecule has 1 saturated heterocycles. The number of anilines is 2. The van der Waals surface area contributed by atoms with Gasteiger partial charge in [-0.25, -0.2) is 14.4 Å². The van der Waals surface area contributed by atoms with Gasteiger partial charge in [-0.15, -0.1) is 0 Å². The van der Waals surface area contributed by atoms with Gasteiger partial charge in [0.1, 0.15) is 18.2 Å². The Morgan fingerprint density at radius 1 is 1.29 bits per heavy atom. The van der Waals surface area contributed by atoms with Crippen molar-refractivity contribution >= 4 is 39.9 Å². The van der Waals surface area contributed by atoms with E-state index in [-0.39, 0.29) is 17.7 Å². The number of fused-ring (bicyclic) bond motifs is 1. The highest BCUT2D eigenvalue weighted by atomic mass is 35.5. The Labute approximate surface area is 202 Å². The summed E-state index contributed by atoms with van der Waals surface area (Å²) in [6, 6.07) is 6.82. The number of benzene rings is 2. The van der Waals surface area contributed by atoms with Crippen LogP contribution >= 0.6 is 11.6 Å². The standard InChI is InChI=1S/C25H26ClFN4O3/c1-4-16-18(26)6-7-19(24(16)27)30-25-17-12-22(21(33-3)13-20(17)28-14-29-25)34-15-8-10-31(11-9-15)23(32)5-2/h5-7,12-15H,2,4,8-11H2,1,3H3,(H,28,29,30). The van der Waals surface area contributed by atoms with E-state index in [2.05, 4.69) is 21.9 Å². The van der Waals surface area contributed by atoms with Crippen LogP contribution in [0, 0.1) is 5.82 Å². The lowest BCUT2D eigenvalue weighted by molar-refractivity contribution is -0.127. The van der Waals surface area contributed by atoms with Gasteiger partial charge >= 0.3 is 0 Å². The van der Waals surface area contributed by atoms with Crippen LogP contribution in [0.3, 0.4) is 0 Å². The van der Waals surface area contributed by atoms with Gasteiger partial charge in [-0.3, -0.25) is 4.79 Å². The topological polar surface area (TPSA) is 76.6 Å². The summed E-state index contributed by atoms with van der Waals surface area (Å²) in [5.74, 6) is 1.02. The lowest BCUT2D eigenvalue weighted by Crippen LogP contribution is -2.41. The SMILES string of the molecule is C=CC(=O)N1CCC(Oc2cc3c(Nc4ccc(Cl)c(CC)c4F)ncnc3cc2OC)CC1. The first-order valence-corrected chi connectivity index (χ1v) is 11.5. The maximum atomic E-state index is 15.0. The van der Waals surface area contributed by atoms with Gasteiger partial charge in [0.05, 0.1) is 18.3 Å². The van der Waals surface area contributed by atoms with E-state index in [0.717, 1.165) is 0 Å². The van der Waals surface area contributed by atoms with E-state index in [1.54, 1.807) is 36.3 Å². The summed E-state index contributed by atoms with van der Waals surface area (Å²) in [5, 5.41) is 4.12. The van der Waals surface area contributed by atoms with Gasteiger partial charge in [-0.1, -0.05) is 25.1 Å². The van der Waals surface area contributed by atoms with Crippen molar-refractivity contribution in [2.75, 3.05) is 25.5 Å². The Kier molecular flexibility index (Phi) is 7.17. The molecule has 1 aliphatic rings. The summed E-state index contributed by atoms with van der Waals surface area (Å²) in [7, 11) is 1.56. The number of nitrogens with zero attached hydrogens (tertiary/aromatic N) is 3. The number of nitrogens with one attached hydrogen (secondary N) is 1. The van der Waals surface area contributed by atoms with Crippen LogP contribution < -0.4 is 14.8 Å². The van der Waals surface area contributed by atoms with E-state index in [1.165, 1.54) is 12.4 Å². The van der Waals surface area contributed by atoms with Crippen LogP contribution in [0.2, 0.25) is 5.02 Å². The number of carbonyl (C=O) groups is 1. The van der Waals surface area contributed by atoms with Gasteiger partial charge in [0.25, 0.3) is 0 Å². The number of hydrogen-bond donors (Lipinski definition) is 1. The number of ether oxygens (including phenoxy) is 2. The van der Waals surface area contributed by atoms with Gasteiger partial charge in [0, 0.05) is 48.0 Å². The second kappa shape index (κ2) is 10.3. The average molecular weight is 485 g/mol. The van der Waals surface area contributed by atoms with Crippen LogP contribution in [0.5, 0.6) is 11.5 Å². The van der Waals surface area contributed by atoms with Crippen LogP contribution in [0.1, 0.15) is 25.3 Å². The largest absolute Gasteiger partial charge is 0.493 e. The predicted molar refractivity (Wildman–Crippen MR) is 131 cm³/mol. The van der Waals surface area contributed by atoms with Crippen molar-refractivity contribution in [2.45, 2.75) is 32.3 Å². The summed E-state index contributed by atoms with van der Waals surface area (Å²) in [5.41, 5.74) is 1.34. The van der Waals surface area contributed by atoms with Gasteiger partial charge in [-0.2, -0.15) is 0 Å². The fourth-order valence-electron chi connectivity index (χ4n) is 4.06. The molecule has 1 fully saturated rings. The van der Waals surface area contributed by atoms with Crippen molar-refractivity contribution in [1.82, 2.24) is 14.9 Å². The summed E-state index contributed by atoms with van der Waals surface area (Å²) in [6.07, 6.45) is 4.50. The molecule has 1 aromatic heterocycles. The molecule has 1 N–H and O–H groups in total. The minimum atomic E-state index is -0.410. The molecule has 2 aromatic carbocycles. The third-order valence-electron chi connectivity index (χ3n) is 5.94. The second-order valence-corrected chi connectivity index (χ2v) is 8.36. The number of methoxy groups -OCH3 is 1. The van der Waals surface area contributed by atoms with E-state index in [9.17, 15) is 9.18 Å². The normalized spacial score (nSPS) is 14.2. The Morgan fingerprint density at radius 3 is 2.74 bits per heavy atom. The highest BCUT2D eigenvalue weighted by Crippen LogP contribution is 2.37. The predicted octanol–water partition coefficient (Wildman–Crippen LogP) is 5.29. The summed E-state index contributed by atoms with van der Waals surface area (Å²) < 4.78 is 26.8. The molecular formula is C25H26ClFN4O3. The highest BCUT2D eigenvalue weighted by Gasteiger charge is 2.24. The molecular weight excluding hydrogens is 459 g/mol. The Bertz CT molecular complexity index is 1230. The number of piperidine rings is 1. The summed E-state index contributed by atoms with van der Waals surface area (Å²) in [6.45, 7) is 6.58. The number of carbonyl (C=O) groups excluding carboxylic acids is 1. The zero-order valence-corrected chi connectivity index (χ0v) is 19.9. The van der Waals surface area contributed by atoms with E-state index in [4.69, 9.17) is 21.1 Å². The first-order valence-electron chi connectivity index (χ1n) is 11.1. The molecule has 1 aliphatic heterocycles. The number of aromatic nitrogens is 2. The third kappa shape index (κ3) is 4.77. The quantitative estimate of drug-likeness (QED) is 0.459. The number of hydrogen-bond acceptors (Lipinski definition) is 6. The van der Waals surface area contributed by atoms with Crippen molar-refractivity contribution in [1.29, 1.82) is 0 Å².